The van der Waals surface area contributed by atoms with Gasteiger partial charge >= 0.3 is 10.2 Å². The Morgan fingerprint density at radius 1 is 0.786 bits per heavy atom. The van der Waals surface area contributed by atoms with Gasteiger partial charge in [0.1, 0.15) is 13.1 Å². The van der Waals surface area contributed by atoms with Crippen molar-refractivity contribution in [3.05, 3.63) is 23.5 Å². The molecule has 0 fully saturated rings. The van der Waals surface area contributed by atoms with E-state index in [1.54, 1.807) is 35.7 Å². The van der Waals surface area contributed by atoms with Gasteiger partial charge in [0.2, 0.25) is 0 Å². The summed E-state index contributed by atoms with van der Waals surface area (Å²) in [6.07, 6.45) is 10.9. The zero-order valence-electron chi connectivity index (χ0n) is 17.2. The third kappa shape index (κ3) is 6.07. The number of allylic oxidation sites excluding steroid dienone is 2. The second-order valence-electron chi connectivity index (χ2n) is 6.93. The predicted octanol–water partition coefficient (Wildman–Crippen LogP) is -1.13. The van der Waals surface area contributed by atoms with Crippen molar-refractivity contribution < 1.29 is 20.2 Å². The van der Waals surface area contributed by atoms with Crippen LogP contribution < -0.4 is 31.9 Å². The van der Waals surface area contributed by atoms with Gasteiger partial charge in [-0.05, 0) is 25.4 Å². The number of hydrogen-bond donors (Lipinski definition) is 6. The fourth-order valence-corrected chi connectivity index (χ4v) is 4.76. The van der Waals surface area contributed by atoms with Crippen LogP contribution in [-0.2, 0) is 9.59 Å². The van der Waals surface area contributed by atoms with Gasteiger partial charge in [-0.1, -0.05) is 50.2 Å². The monoisotopic (exact) mass is 430 g/mol. The van der Waals surface area contributed by atoms with Gasteiger partial charge in [-0.15, -0.1) is 0 Å². The Bertz CT molecular complexity index is 588. The Labute approximate surface area is 175 Å². The number of thioether (sulfide) groups is 2. The molecule has 0 aromatic carbocycles. The second kappa shape index (κ2) is 10.4. The number of carbonyl (C=O) groups is 2. The number of amides is 2. The summed E-state index contributed by atoms with van der Waals surface area (Å²) >= 11 is 3.14. The fourth-order valence-electron chi connectivity index (χ4n) is 3.32. The summed E-state index contributed by atoms with van der Waals surface area (Å²) in [5.74, 6) is -0.124. The van der Waals surface area contributed by atoms with E-state index in [1.165, 1.54) is 0 Å². The van der Waals surface area contributed by atoms with Crippen LogP contribution in [0, 0.1) is 0 Å². The van der Waals surface area contributed by atoms with Gasteiger partial charge in [0.15, 0.2) is 0 Å². The topological polar surface area (TPSA) is 115 Å². The largest absolute Gasteiger partial charge is 0.310 e. The first-order chi connectivity index (χ1) is 13.4. The minimum Gasteiger partial charge on any atom is -0.310 e. The molecule has 2 amide bonds. The second-order valence-corrected chi connectivity index (χ2v) is 9.04. The lowest BCUT2D eigenvalue weighted by molar-refractivity contribution is -0.774. The number of nitrogens with one attached hydrogen (secondary N) is 4. The quantitative estimate of drug-likeness (QED) is 0.183. The summed E-state index contributed by atoms with van der Waals surface area (Å²) in [6, 6.07) is 0. The van der Waals surface area contributed by atoms with Crippen LogP contribution in [0.1, 0.15) is 39.5 Å². The van der Waals surface area contributed by atoms with Crippen molar-refractivity contribution in [2.45, 2.75) is 49.8 Å². The molecular formula is C18H34N6O2S2+2. The molecule has 8 N–H and O–H groups in total. The lowest BCUT2D eigenvalue weighted by Crippen LogP contribution is -3.10. The molecule has 2 unspecified atom stereocenters. The molecule has 2 atom stereocenters. The van der Waals surface area contributed by atoms with Crippen LogP contribution in [0.4, 0.5) is 0 Å². The van der Waals surface area contributed by atoms with Gasteiger partial charge in [0, 0.05) is 23.5 Å². The maximum atomic E-state index is 12.1. The number of rotatable bonds is 11. The van der Waals surface area contributed by atoms with Crippen molar-refractivity contribution >= 4 is 35.3 Å². The molecule has 8 nitrogen and oxygen atoms in total. The summed E-state index contributed by atoms with van der Waals surface area (Å²) in [5.41, 5.74) is 1.94. The molecule has 2 aliphatic heterocycles. The van der Waals surface area contributed by atoms with E-state index >= 15 is 0 Å². The molecule has 0 aromatic rings. The van der Waals surface area contributed by atoms with Gasteiger partial charge in [0.25, 0.3) is 11.8 Å². The van der Waals surface area contributed by atoms with E-state index in [-0.39, 0.29) is 11.8 Å². The van der Waals surface area contributed by atoms with Crippen molar-refractivity contribution in [3.8, 4) is 0 Å². The highest BCUT2D eigenvalue weighted by molar-refractivity contribution is 7.99. The van der Waals surface area contributed by atoms with Crippen LogP contribution in [0.3, 0.4) is 0 Å². The van der Waals surface area contributed by atoms with Crippen molar-refractivity contribution in [2.75, 3.05) is 25.6 Å². The molecule has 2 rings (SSSR count). The predicted molar refractivity (Wildman–Crippen MR) is 115 cm³/mol. The lowest BCUT2D eigenvalue weighted by atomic mass is 10.2. The number of nitrogens with two attached hydrogens (primary N) is 2. The first kappa shape index (κ1) is 22.9. The lowest BCUT2D eigenvalue weighted by Gasteiger charge is -2.37. The summed E-state index contributed by atoms with van der Waals surface area (Å²) < 4.78 is 0. The Morgan fingerprint density at radius 2 is 1.18 bits per heavy atom. The normalized spacial score (nSPS) is 27.1. The Kier molecular flexibility index (Phi) is 8.54. The van der Waals surface area contributed by atoms with Crippen LogP contribution in [0.2, 0.25) is 0 Å². The summed E-state index contributed by atoms with van der Waals surface area (Å²) in [5, 5.41) is 16.0. The third-order valence-electron chi connectivity index (χ3n) is 4.63. The smallest absolute Gasteiger partial charge is 0.301 e. The maximum absolute atomic E-state index is 12.1. The highest BCUT2D eigenvalue weighted by atomic mass is 32.2. The molecule has 0 aromatic heterocycles. The highest BCUT2D eigenvalue weighted by Crippen LogP contribution is 2.17. The van der Waals surface area contributed by atoms with Gasteiger partial charge in [0.05, 0.1) is 0 Å². The molecule has 2 heterocycles. The Morgan fingerprint density at radius 3 is 1.50 bits per heavy atom. The maximum Gasteiger partial charge on any atom is 0.301 e. The molecule has 0 radical (unpaired) electrons. The summed E-state index contributed by atoms with van der Waals surface area (Å²) in [7, 11) is 0. The van der Waals surface area contributed by atoms with Crippen molar-refractivity contribution in [1.82, 2.24) is 21.3 Å². The summed E-state index contributed by atoms with van der Waals surface area (Å²) in [4.78, 5) is 24.2. The average molecular weight is 431 g/mol. The molecule has 10 heteroatoms. The molecule has 0 aliphatic carbocycles. The SMILES string of the molecule is CCCC1=CC(=O)NC([NH2+]CC[NH2+]C2(SC)NC(=O)C=C(CCC)N2)(SC)N1. The average Bonchev–Trinajstić information content (AvgIpc) is 2.65. The summed E-state index contributed by atoms with van der Waals surface area (Å²) in [6.45, 7) is 5.73. The van der Waals surface area contributed by atoms with Crippen molar-refractivity contribution in [2.24, 2.45) is 0 Å². The molecule has 0 bridgehead atoms. The van der Waals surface area contributed by atoms with E-state index in [2.05, 4.69) is 45.7 Å². The van der Waals surface area contributed by atoms with Gasteiger partial charge in [-0.3, -0.25) is 30.9 Å². The first-order valence-corrected chi connectivity index (χ1v) is 12.3. The standard InChI is InChI=1S/C18H32N6O2S2/c1-5-7-13-11-15(25)23-17(21-13,27-3)19-9-10-20-18(28-4)22-14(8-6-2)12-16(26)24-18/h11-12,19-22H,5-10H2,1-4H3,(H,23,25)(H,24,26)/p+2. The van der Waals surface area contributed by atoms with E-state index in [1.807, 2.05) is 12.5 Å². The minimum atomic E-state index is -0.590. The molecule has 28 heavy (non-hydrogen) atoms. The molecule has 0 spiro atoms. The Hall–Kier alpha value is -1.36. The minimum absolute atomic E-state index is 0.0621. The zero-order chi connectivity index (χ0) is 20.6. The van der Waals surface area contributed by atoms with E-state index < -0.39 is 10.2 Å². The number of quaternary nitrogens is 2. The van der Waals surface area contributed by atoms with Crippen LogP contribution in [0.5, 0.6) is 0 Å². The van der Waals surface area contributed by atoms with Crippen molar-refractivity contribution in [3.63, 3.8) is 0 Å². The van der Waals surface area contributed by atoms with Gasteiger partial charge < -0.3 is 10.6 Å². The molecule has 0 saturated heterocycles. The first-order valence-electron chi connectivity index (χ1n) is 9.80. The fraction of sp³-hybridized carbons (Fsp3) is 0.667. The Balaban J connectivity index is 1.93. The van der Waals surface area contributed by atoms with E-state index in [0.29, 0.717) is 0 Å². The van der Waals surface area contributed by atoms with Crippen molar-refractivity contribution in [1.29, 1.82) is 0 Å². The van der Waals surface area contributed by atoms with Crippen LogP contribution in [0.25, 0.3) is 0 Å². The van der Waals surface area contributed by atoms with Crippen LogP contribution >= 0.6 is 23.5 Å². The molecular weight excluding hydrogens is 396 g/mol. The highest BCUT2D eigenvalue weighted by Gasteiger charge is 2.40. The molecule has 0 saturated carbocycles. The van der Waals surface area contributed by atoms with Gasteiger partial charge in [-0.2, -0.15) is 0 Å². The van der Waals surface area contributed by atoms with E-state index in [4.69, 9.17) is 0 Å². The van der Waals surface area contributed by atoms with Crippen LogP contribution in [0.15, 0.2) is 23.5 Å². The van der Waals surface area contributed by atoms with Gasteiger partial charge in [-0.25, -0.2) is 0 Å². The van der Waals surface area contributed by atoms with E-state index in [9.17, 15) is 9.59 Å². The zero-order valence-corrected chi connectivity index (χ0v) is 18.8. The number of hydrogen-bond acceptors (Lipinski definition) is 6. The van der Waals surface area contributed by atoms with E-state index in [0.717, 1.165) is 50.2 Å². The van der Waals surface area contributed by atoms with Crippen LogP contribution in [-0.4, -0.2) is 47.7 Å². The third-order valence-corrected chi connectivity index (χ3v) is 6.66. The molecule has 158 valence electrons. The number of carbonyl (C=O) groups excluding carboxylic acids is 2. The molecule has 2 aliphatic rings.